The lowest BCUT2D eigenvalue weighted by molar-refractivity contribution is 0.100. The summed E-state index contributed by atoms with van der Waals surface area (Å²) in [5, 5.41) is 0.682. The highest BCUT2D eigenvalue weighted by molar-refractivity contribution is 9.10. The van der Waals surface area contributed by atoms with Crippen molar-refractivity contribution in [3.8, 4) is 0 Å². The van der Waals surface area contributed by atoms with Crippen molar-refractivity contribution in [2.24, 2.45) is 5.73 Å². The third-order valence-electron chi connectivity index (χ3n) is 2.94. The van der Waals surface area contributed by atoms with Crippen LogP contribution in [0, 0.1) is 0 Å². The monoisotopic (exact) mass is 315 g/mol. The van der Waals surface area contributed by atoms with E-state index in [0.29, 0.717) is 5.25 Å². The van der Waals surface area contributed by atoms with Gasteiger partial charge in [-0.3, -0.25) is 0 Å². The molecule has 1 aliphatic heterocycles. The van der Waals surface area contributed by atoms with Crippen LogP contribution in [0.4, 0.5) is 0 Å². The van der Waals surface area contributed by atoms with E-state index >= 15 is 0 Å². The minimum absolute atomic E-state index is 0.0911. The summed E-state index contributed by atoms with van der Waals surface area (Å²) in [4.78, 5) is 1.31. The predicted molar refractivity (Wildman–Crippen MR) is 76.4 cm³/mol. The van der Waals surface area contributed by atoms with Crippen LogP contribution in [0.5, 0.6) is 0 Å². The summed E-state index contributed by atoms with van der Waals surface area (Å²) in [6, 6.07) is 6.51. The molecule has 0 amide bonds. The van der Waals surface area contributed by atoms with E-state index < -0.39 is 0 Å². The van der Waals surface area contributed by atoms with Gasteiger partial charge in [0, 0.05) is 33.9 Å². The summed E-state index contributed by atoms with van der Waals surface area (Å²) >= 11 is 5.58. The largest absolute Gasteiger partial charge is 0.381 e. The molecule has 0 aromatic heterocycles. The van der Waals surface area contributed by atoms with Crippen LogP contribution in [0.1, 0.15) is 31.4 Å². The highest BCUT2D eigenvalue weighted by Gasteiger charge is 2.16. The van der Waals surface area contributed by atoms with Gasteiger partial charge in [0.05, 0.1) is 0 Å². The first-order valence-corrected chi connectivity index (χ1v) is 7.63. The first-order valence-electron chi connectivity index (χ1n) is 5.96. The zero-order valence-corrected chi connectivity index (χ0v) is 12.4. The zero-order valence-electron chi connectivity index (χ0n) is 9.99. The molecule has 1 fully saturated rings. The first kappa shape index (κ1) is 13.4. The van der Waals surface area contributed by atoms with Crippen molar-refractivity contribution in [1.29, 1.82) is 0 Å². The minimum Gasteiger partial charge on any atom is -0.381 e. The van der Waals surface area contributed by atoms with Crippen molar-refractivity contribution in [3.63, 3.8) is 0 Å². The zero-order chi connectivity index (χ0) is 12.3. The molecule has 1 aromatic carbocycles. The second-order valence-corrected chi connectivity index (χ2v) is 6.60. The number of benzene rings is 1. The van der Waals surface area contributed by atoms with Crippen molar-refractivity contribution in [2.45, 2.75) is 36.0 Å². The van der Waals surface area contributed by atoms with Gasteiger partial charge in [-0.15, -0.1) is 11.8 Å². The lowest BCUT2D eigenvalue weighted by atomic mass is 10.1. The Morgan fingerprint density at radius 1 is 1.41 bits per heavy atom. The molecule has 94 valence electrons. The Bertz CT molecular complexity index is 378. The topological polar surface area (TPSA) is 35.2 Å². The van der Waals surface area contributed by atoms with Crippen molar-refractivity contribution < 1.29 is 4.74 Å². The predicted octanol–water partition coefficient (Wildman–Crippen LogP) is 3.74. The number of hydrogen-bond donors (Lipinski definition) is 1. The fourth-order valence-corrected chi connectivity index (χ4v) is 3.65. The van der Waals surface area contributed by atoms with Gasteiger partial charge < -0.3 is 10.5 Å². The molecule has 17 heavy (non-hydrogen) atoms. The molecular weight excluding hydrogens is 298 g/mol. The van der Waals surface area contributed by atoms with Gasteiger partial charge in [0.25, 0.3) is 0 Å². The quantitative estimate of drug-likeness (QED) is 0.922. The Kier molecular flexibility index (Phi) is 4.91. The molecule has 1 aromatic rings. The molecule has 1 heterocycles. The van der Waals surface area contributed by atoms with Gasteiger partial charge in [-0.25, -0.2) is 0 Å². The van der Waals surface area contributed by atoms with Crippen molar-refractivity contribution in [3.05, 3.63) is 28.2 Å². The Morgan fingerprint density at radius 2 is 2.12 bits per heavy atom. The molecule has 2 N–H and O–H groups in total. The summed E-state index contributed by atoms with van der Waals surface area (Å²) < 4.78 is 6.53. The van der Waals surface area contributed by atoms with Crippen LogP contribution in [0.25, 0.3) is 0 Å². The molecule has 1 saturated heterocycles. The van der Waals surface area contributed by atoms with Crippen molar-refractivity contribution in [2.75, 3.05) is 13.2 Å². The summed E-state index contributed by atoms with van der Waals surface area (Å²) in [6.07, 6.45) is 2.29. The Hall–Kier alpha value is -0.0300. The molecule has 4 heteroatoms. The third kappa shape index (κ3) is 3.71. The number of ether oxygens (including phenoxy) is 1. The van der Waals surface area contributed by atoms with Crippen LogP contribution >= 0.6 is 27.7 Å². The van der Waals surface area contributed by atoms with Gasteiger partial charge in [-0.2, -0.15) is 0 Å². The molecule has 0 saturated carbocycles. The van der Waals surface area contributed by atoms with Gasteiger partial charge in [0.15, 0.2) is 0 Å². The number of nitrogens with two attached hydrogens (primary N) is 1. The third-order valence-corrected chi connectivity index (χ3v) is 5.28. The fraction of sp³-hybridized carbons (Fsp3) is 0.538. The standard InChI is InChI=1S/C13H18BrNOS/c1-9(15)10-2-3-13(12(14)8-10)17-11-4-6-16-7-5-11/h2-3,8-9,11H,4-7,15H2,1H3/t9-/m1/s1. The first-order chi connectivity index (χ1) is 8.16. The van der Waals surface area contributed by atoms with Gasteiger partial charge >= 0.3 is 0 Å². The average molecular weight is 316 g/mol. The van der Waals surface area contributed by atoms with Crippen molar-refractivity contribution in [1.82, 2.24) is 0 Å². The molecular formula is C13H18BrNOS. The van der Waals surface area contributed by atoms with E-state index in [-0.39, 0.29) is 6.04 Å². The second-order valence-electron chi connectivity index (χ2n) is 4.41. The lowest BCUT2D eigenvalue weighted by Crippen LogP contribution is -2.17. The summed E-state index contributed by atoms with van der Waals surface area (Å²) in [7, 11) is 0. The van der Waals surface area contributed by atoms with Gasteiger partial charge in [0.2, 0.25) is 0 Å². The smallest absolute Gasteiger partial charge is 0.0476 e. The molecule has 0 aliphatic carbocycles. The highest BCUT2D eigenvalue weighted by atomic mass is 79.9. The van der Waals surface area contributed by atoms with Crippen LogP contribution in [0.2, 0.25) is 0 Å². The van der Waals surface area contributed by atoms with E-state index in [1.54, 1.807) is 0 Å². The van der Waals surface area contributed by atoms with Crippen LogP contribution in [-0.4, -0.2) is 18.5 Å². The number of hydrogen-bond acceptors (Lipinski definition) is 3. The van der Waals surface area contributed by atoms with Crippen LogP contribution < -0.4 is 5.73 Å². The molecule has 2 rings (SSSR count). The van der Waals surface area contributed by atoms with Crippen LogP contribution in [-0.2, 0) is 4.74 Å². The van der Waals surface area contributed by atoms with Crippen LogP contribution in [0.15, 0.2) is 27.6 Å². The fourth-order valence-electron chi connectivity index (χ4n) is 1.87. The van der Waals surface area contributed by atoms with Gasteiger partial charge in [-0.05, 0) is 53.4 Å². The number of halogens is 1. The molecule has 0 spiro atoms. The second kappa shape index (κ2) is 6.23. The molecule has 0 unspecified atom stereocenters. The van der Waals surface area contributed by atoms with Crippen molar-refractivity contribution >= 4 is 27.7 Å². The SMILES string of the molecule is C[C@@H](N)c1ccc(SC2CCOCC2)c(Br)c1. The number of rotatable bonds is 3. The van der Waals surface area contributed by atoms with E-state index in [1.165, 1.54) is 10.5 Å². The molecule has 1 atom stereocenters. The Balaban J connectivity index is 2.05. The van der Waals surface area contributed by atoms with Gasteiger partial charge in [0.1, 0.15) is 0 Å². The average Bonchev–Trinajstić information content (AvgIpc) is 2.33. The summed E-state index contributed by atoms with van der Waals surface area (Å²) in [5.74, 6) is 0. The normalized spacial score (nSPS) is 19.2. The maximum absolute atomic E-state index is 5.87. The van der Waals surface area contributed by atoms with Gasteiger partial charge in [-0.1, -0.05) is 6.07 Å². The highest BCUT2D eigenvalue weighted by Crippen LogP contribution is 2.35. The van der Waals surface area contributed by atoms with E-state index in [2.05, 4.69) is 34.1 Å². The summed E-state index contributed by atoms with van der Waals surface area (Å²) in [6.45, 7) is 3.80. The van der Waals surface area contributed by atoms with E-state index in [4.69, 9.17) is 10.5 Å². The maximum atomic E-state index is 5.87. The lowest BCUT2D eigenvalue weighted by Gasteiger charge is -2.22. The Labute approximate surface area is 115 Å². The summed E-state index contributed by atoms with van der Waals surface area (Å²) in [5.41, 5.74) is 7.05. The minimum atomic E-state index is 0.0911. The number of thioether (sulfide) groups is 1. The van der Waals surface area contributed by atoms with Crippen LogP contribution in [0.3, 0.4) is 0 Å². The van der Waals surface area contributed by atoms with E-state index in [0.717, 1.165) is 30.5 Å². The van der Waals surface area contributed by atoms with E-state index in [9.17, 15) is 0 Å². The molecule has 0 radical (unpaired) electrons. The molecule has 1 aliphatic rings. The molecule has 2 nitrogen and oxygen atoms in total. The Morgan fingerprint density at radius 3 is 2.71 bits per heavy atom. The molecule has 0 bridgehead atoms. The van der Waals surface area contributed by atoms with E-state index in [1.807, 2.05) is 18.7 Å². The maximum Gasteiger partial charge on any atom is 0.0476 e.